The molecule has 2 fully saturated rings. The van der Waals surface area contributed by atoms with Gasteiger partial charge in [0, 0.05) is 18.1 Å². The summed E-state index contributed by atoms with van der Waals surface area (Å²) in [5, 5.41) is 19.5. The van der Waals surface area contributed by atoms with E-state index in [1.807, 2.05) is 0 Å². The van der Waals surface area contributed by atoms with E-state index >= 15 is 0 Å². The van der Waals surface area contributed by atoms with Crippen molar-refractivity contribution in [3.63, 3.8) is 0 Å². The number of hydrogen-bond donors (Lipinski definition) is 2. The number of rotatable bonds is 6. The number of aromatic nitrogens is 2. The SMILES string of the molecule is O=C(NC1C(=O)N2CC(CSc3nncs3)(C(=O)O)CS[C@H]12)C(Cl)Cl. The highest BCUT2D eigenvalue weighted by atomic mass is 35.5. The highest BCUT2D eigenvalue weighted by Crippen LogP contribution is 2.44. The third-order valence-corrected chi connectivity index (χ3v) is 8.04. The highest BCUT2D eigenvalue weighted by molar-refractivity contribution is 8.01. The topological polar surface area (TPSA) is 112 Å². The van der Waals surface area contributed by atoms with Gasteiger partial charge in [0.1, 0.15) is 22.3 Å². The van der Waals surface area contributed by atoms with Crippen LogP contribution in [0.15, 0.2) is 9.85 Å². The molecule has 0 aliphatic carbocycles. The molecule has 0 radical (unpaired) electrons. The van der Waals surface area contributed by atoms with Crippen LogP contribution in [0.25, 0.3) is 0 Å². The molecule has 2 saturated heterocycles. The maximum atomic E-state index is 12.3. The minimum atomic E-state index is -1.25. The summed E-state index contributed by atoms with van der Waals surface area (Å²) in [5.74, 6) is -1.32. The van der Waals surface area contributed by atoms with Crippen molar-refractivity contribution in [2.75, 3.05) is 18.1 Å². The van der Waals surface area contributed by atoms with Gasteiger partial charge in [-0.25, -0.2) is 0 Å². The summed E-state index contributed by atoms with van der Waals surface area (Å²) < 4.78 is 0.683. The third-order valence-electron chi connectivity index (χ3n) is 3.91. The van der Waals surface area contributed by atoms with Crippen molar-refractivity contribution < 1.29 is 19.5 Å². The summed E-state index contributed by atoms with van der Waals surface area (Å²) in [4.78, 5) is 36.0. The summed E-state index contributed by atoms with van der Waals surface area (Å²) in [7, 11) is 0. The van der Waals surface area contributed by atoms with E-state index in [2.05, 4.69) is 15.5 Å². The molecular formula is C12H12Cl2N4O4S3. The van der Waals surface area contributed by atoms with Crippen molar-refractivity contribution in [3.05, 3.63) is 5.51 Å². The van der Waals surface area contributed by atoms with E-state index in [0.29, 0.717) is 10.1 Å². The monoisotopic (exact) mass is 442 g/mol. The first-order chi connectivity index (χ1) is 11.8. The van der Waals surface area contributed by atoms with Gasteiger partial charge in [-0.05, 0) is 0 Å². The van der Waals surface area contributed by atoms with Crippen molar-refractivity contribution in [1.29, 1.82) is 0 Å². The molecule has 0 bridgehead atoms. The summed E-state index contributed by atoms with van der Waals surface area (Å²) in [6.45, 7) is 0.0855. The van der Waals surface area contributed by atoms with Crippen LogP contribution in [0.4, 0.5) is 0 Å². The zero-order chi connectivity index (χ0) is 18.2. The van der Waals surface area contributed by atoms with Gasteiger partial charge in [0.2, 0.25) is 5.91 Å². The molecule has 2 unspecified atom stereocenters. The molecule has 0 aromatic carbocycles. The number of β-lactam (4-membered cyclic amide) rings is 1. The molecule has 2 N–H and O–H groups in total. The predicted molar refractivity (Wildman–Crippen MR) is 96.1 cm³/mol. The van der Waals surface area contributed by atoms with E-state index in [-0.39, 0.29) is 23.6 Å². The number of carboxylic acids is 1. The molecule has 3 atom stereocenters. The molecule has 25 heavy (non-hydrogen) atoms. The van der Waals surface area contributed by atoms with Gasteiger partial charge in [0.15, 0.2) is 9.18 Å². The van der Waals surface area contributed by atoms with Crippen molar-refractivity contribution in [1.82, 2.24) is 20.4 Å². The minimum absolute atomic E-state index is 0.0855. The molecule has 0 saturated carbocycles. The molecule has 3 heterocycles. The Bertz CT molecular complexity index is 692. The molecular weight excluding hydrogens is 431 g/mol. The molecule has 0 spiro atoms. The van der Waals surface area contributed by atoms with Gasteiger partial charge in [0.25, 0.3) is 5.91 Å². The van der Waals surface area contributed by atoms with E-state index < -0.39 is 28.2 Å². The Morgan fingerprint density at radius 1 is 1.56 bits per heavy atom. The molecule has 2 aliphatic heterocycles. The standard InChI is InChI=1S/C12H12Cl2N4O4S3/c13-6(14)7(19)16-5-8(20)18-1-12(10(21)22,2-23-9(5)18)3-24-11-17-15-4-25-11/h4-6,9H,1-3H2,(H,16,19)(H,21,22)/t5?,9-,12?/m1/s1. The fourth-order valence-electron chi connectivity index (χ4n) is 2.55. The van der Waals surface area contributed by atoms with Gasteiger partial charge in [-0.15, -0.1) is 22.0 Å². The lowest BCUT2D eigenvalue weighted by molar-refractivity contribution is -0.157. The number of nitrogens with one attached hydrogen (secondary N) is 1. The number of fused-ring (bicyclic) bond motifs is 1. The molecule has 2 aliphatic rings. The number of carbonyl (C=O) groups is 3. The normalized spacial score (nSPS) is 28.4. The van der Waals surface area contributed by atoms with Crippen LogP contribution in [0.3, 0.4) is 0 Å². The third kappa shape index (κ3) is 3.70. The van der Waals surface area contributed by atoms with Crippen molar-refractivity contribution in [3.8, 4) is 0 Å². The number of halogens is 2. The Balaban J connectivity index is 1.66. The summed E-state index contributed by atoms with van der Waals surface area (Å²) in [6.07, 6.45) is 0. The Morgan fingerprint density at radius 3 is 2.92 bits per heavy atom. The second kappa shape index (κ2) is 7.47. The second-order valence-corrected chi connectivity index (χ2v) is 9.79. The number of thioether (sulfide) groups is 2. The number of nitrogens with zero attached hydrogens (tertiary/aromatic N) is 3. The van der Waals surface area contributed by atoms with Crippen molar-refractivity contribution in [2.45, 2.75) is 20.6 Å². The van der Waals surface area contributed by atoms with E-state index in [1.165, 1.54) is 39.8 Å². The lowest BCUT2D eigenvalue weighted by atomic mass is 9.89. The van der Waals surface area contributed by atoms with Crippen LogP contribution in [-0.2, 0) is 14.4 Å². The van der Waals surface area contributed by atoms with Gasteiger partial charge in [-0.1, -0.05) is 46.3 Å². The van der Waals surface area contributed by atoms with Gasteiger partial charge in [-0.2, -0.15) is 0 Å². The molecule has 2 amide bonds. The summed E-state index contributed by atoms with van der Waals surface area (Å²) in [6, 6.07) is -0.722. The molecule has 1 aromatic heterocycles. The second-order valence-electron chi connectivity index (χ2n) is 5.53. The summed E-state index contributed by atoms with van der Waals surface area (Å²) >= 11 is 14.9. The first-order valence-corrected chi connectivity index (χ1v) is 10.8. The van der Waals surface area contributed by atoms with E-state index in [0.717, 1.165) is 0 Å². The zero-order valence-corrected chi connectivity index (χ0v) is 16.4. The fourth-order valence-corrected chi connectivity index (χ4v) is 6.02. The lowest BCUT2D eigenvalue weighted by Crippen LogP contribution is -2.74. The number of carboxylic acid groups (broad SMARTS) is 1. The van der Waals surface area contributed by atoms with Crippen LogP contribution in [0.2, 0.25) is 0 Å². The summed E-state index contributed by atoms with van der Waals surface area (Å²) in [5.41, 5.74) is 0.498. The first-order valence-electron chi connectivity index (χ1n) is 6.97. The van der Waals surface area contributed by atoms with Crippen LogP contribution in [0.5, 0.6) is 0 Å². The lowest BCUT2D eigenvalue weighted by Gasteiger charge is -2.53. The average molecular weight is 443 g/mol. The Labute approximate surface area is 165 Å². The number of carbonyl (C=O) groups excluding carboxylic acids is 2. The van der Waals surface area contributed by atoms with Gasteiger partial charge < -0.3 is 15.3 Å². The van der Waals surface area contributed by atoms with Crippen LogP contribution in [0.1, 0.15) is 0 Å². The zero-order valence-electron chi connectivity index (χ0n) is 12.4. The number of alkyl halides is 2. The van der Waals surface area contributed by atoms with Gasteiger partial charge >= 0.3 is 5.97 Å². The minimum Gasteiger partial charge on any atom is -0.481 e. The van der Waals surface area contributed by atoms with Gasteiger partial charge in [-0.3, -0.25) is 14.4 Å². The maximum absolute atomic E-state index is 12.3. The van der Waals surface area contributed by atoms with Crippen molar-refractivity contribution >= 4 is 75.8 Å². The quantitative estimate of drug-likeness (QED) is 0.379. The Morgan fingerprint density at radius 2 is 2.32 bits per heavy atom. The Kier molecular flexibility index (Phi) is 5.69. The van der Waals surface area contributed by atoms with Crippen LogP contribution in [-0.4, -0.2) is 72.3 Å². The van der Waals surface area contributed by atoms with Gasteiger partial charge in [0.05, 0.1) is 0 Å². The van der Waals surface area contributed by atoms with Crippen LogP contribution in [0, 0.1) is 5.41 Å². The Hall–Kier alpha value is -0.750. The van der Waals surface area contributed by atoms with Crippen molar-refractivity contribution in [2.24, 2.45) is 5.41 Å². The highest BCUT2D eigenvalue weighted by Gasteiger charge is 2.57. The average Bonchev–Trinajstić information content (AvgIpc) is 3.10. The number of aliphatic carboxylic acids is 1. The van der Waals surface area contributed by atoms with Crippen LogP contribution >= 0.6 is 58.1 Å². The molecule has 8 nitrogen and oxygen atoms in total. The van der Waals surface area contributed by atoms with E-state index in [1.54, 1.807) is 5.51 Å². The number of hydrogen-bond acceptors (Lipinski definition) is 8. The van der Waals surface area contributed by atoms with E-state index in [4.69, 9.17) is 23.2 Å². The largest absolute Gasteiger partial charge is 0.481 e. The molecule has 3 rings (SSSR count). The fraction of sp³-hybridized carbons (Fsp3) is 0.583. The molecule has 136 valence electrons. The van der Waals surface area contributed by atoms with Crippen LogP contribution < -0.4 is 5.32 Å². The predicted octanol–water partition coefficient (Wildman–Crippen LogP) is 0.905. The smallest absolute Gasteiger partial charge is 0.313 e. The van der Waals surface area contributed by atoms with E-state index in [9.17, 15) is 19.5 Å². The molecule has 1 aromatic rings. The molecule has 13 heteroatoms. The maximum Gasteiger partial charge on any atom is 0.313 e. The number of amides is 2. The first kappa shape index (κ1) is 19.0.